The topological polar surface area (TPSA) is 52.5 Å². The average molecular weight is 219 g/mol. The quantitative estimate of drug-likeness (QED) is 0.683. The first kappa shape index (κ1) is 12.4. The highest BCUT2D eigenvalue weighted by Gasteiger charge is 2.18. The first-order chi connectivity index (χ1) is 7.34. The molecule has 0 fully saturated rings. The van der Waals surface area contributed by atoms with Crippen LogP contribution in [0.4, 0.5) is 0 Å². The number of benzene rings is 1. The van der Waals surface area contributed by atoms with Crippen molar-refractivity contribution in [2.24, 2.45) is 0 Å². The zero-order chi connectivity index (χ0) is 12.3. The number of phenols is 2. The number of terminal acetylenes is 1. The van der Waals surface area contributed by atoms with Crippen LogP contribution < -0.4 is 5.32 Å². The molecule has 0 aliphatic carbocycles. The molecule has 3 heteroatoms. The molecule has 3 nitrogen and oxygen atoms in total. The maximum Gasteiger partial charge on any atom is 0.119 e. The summed E-state index contributed by atoms with van der Waals surface area (Å²) in [4.78, 5) is 0. The fourth-order valence-electron chi connectivity index (χ4n) is 1.53. The zero-order valence-corrected chi connectivity index (χ0v) is 9.78. The van der Waals surface area contributed by atoms with Crippen LogP contribution >= 0.6 is 0 Å². The van der Waals surface area contributed by atoms with Crippen LogP contribution in [0.3, 0.4) is 0 Å². The summed E-state index contributed by atoms with van der Waals surface area (Å²) in [5, 5.41) is 22.0. The molecular weight excluding hydrogens is 202 g/mol. The van der Waals surface area contributed by atoms with Crippen molar-refractivity contribution in [1.82, 2.24) is 5.32 Å². The van der Waals surface area contributed by atoms with Gasteiger partial charge in [0.05, 0.1) is 5.54 Å². The van der Waals surface area contributed by atoms with Crippen molar-refractivity contribution < 1.29 is 10.2 Å². The summed E-state index contributed by atoms with van der Waals surface area (Å²) in [7, 11) is 0. The van der Waals surface area contributed by atoms with Crippen molar-refractivity contribution in [2.75, 3.05) is 0 Å². The van der Waals surface area contributed by atoms with Crippen LogP contribution in [0.2, 0.25) is 0 Å². The molecule has 1 rings (SSSR count). The molecule has 0 aliphatic heterocycles. The lowest BCUT2D eigenvalue weighted by molar-refractivity contribution is 0.420. The van der Waals surface area contributed by atoms with E-state index in [-0.39, 0.29) is 17.5 Å². The molecular formula is C13H17NO2. The highest BCUT2D eigenvalue weighted by atomic mass is 16.3. The van der Waals surface area contributed by atoms with Gasteiger partial charge in [-0.15, -0.1) is 6.42 Å². The first-order valence-corrected chi connectivity index (χ1v) is 5.12. The summed E-state index contributed by atoms with van der Waals surface area (Å²) in [6, 6.07) is 4.44. The molecule has 0 heterocycles. The van der Waals surface area contributed by atoms with Crippen molar-refractivity contribution in [2.45, 2.75) is 32.4 Å². The van der Waals surface area contributed by atoms with Crippen LogP contribution in [-0.2, 0) is 0 Å². The molecule has 0 bridgehead atoms. The lowest BCUT2D eigenvalue weighted by Gasteiger charge is -2.25. The molecule has 1 unspecified atom stereocenters. The molecule has 0 spiro atoms. The lowest BCUT2D eigenvalue weighted by Crippen LogP contribution is -2.39. The van der Waals surface area contributed by atoms with Gasteiger partial charge in [-0.1, -0.05) is 5.92 Å². The van der Waals surface area contributed by atoms with Crippen molar-refractivity contribution in [3.63, 3.8) is 0 Å². The molecule has 86 valence electrons. The summed E-state index contributed by atoms with van der Waals surface area (Å²) in [6.07, 6.45) is 5.38. The van der Waals surface area contributed by atoms with E-state index in [1.54, 1.807) is 12.1 Å². The number of hydrogen-bond donors (Lipinski definition) is 3. The van der Waals surface area contributed by atoms with Crippen LogP contribution in [-0.4, -0.2) is 15.8 Å². The molecule has 0 saturated carbocycles. The van der Waals surface area contributed by atoms with Crippen LogP contribution in [0.5, 0.6) is 11.5 Å². The van der Waals surface area contributed by atoms with Crippen LogP contribution in [0, 0.1) is 12.3 Å². The van der Waals surface area contributed by atoms with Gasteiger partial charge in [0.15, 0.2) is 0 Å². The Labute approximate surface area is 96.1 Å². The summed E-state index contributed by atoms with van der Waals surface area (Å²) >= 11 is 0. The van der Waals surface area contributed by atoms with Crippen LogP contribution in [0.15, 0.2) is 18.2 Å². The molecule has 0 aromatic heterocycles. The molecule has 3 N–H and O–H groups in total. The highest BCUT2D eigenvalue weighted by Crippen LogP contribution is 2.25. The van der Waals surface area contributed by atoms with Gasteiger partial charge in [-0.05, 0) is 38.5 Å². The number of nitrogens with one attached hydrogen (secondary N) is 1. The van der Waals surface area contributed by atoms with E-state index in [0.717, 1.165) is 5.56 Å². The highest BCUT2D eigenvalue weighted by molar-refractivity contribution is 5.38. The summed E-state index contributed by atoms with van der Waals surface area (Å²) in [5.74, 6) is 2.72. The maximum absolute atomic E-state index is 9.37. The molecule has 1 atom stereocenters. The fourth-order valence-corrected chi connectivity index (χ4v) is 1.53. The Morgan fingerprint density at radius 3 is 2.19 bits per heavy atom. The lowest BCUT2D eigenvalue weighted by atomic mass is 10.0. The minimum atomic E-state index is -0.430. The third-order valence-electron chi connectivity index (χ3n) is 2.36. The Bertz CT molecular complexity index is 398. The Morgan fingerprint density at radius 1 is 1.25 bits per heavy atom. The predicted octanol–water partition coefficient (Wildman–Crippen LogP) is 2.16. The summed E-state index contributed by atoms with van der Waals surface area (Å²) in [5.41, 5.74) is 0.362. The van der Waals surface area contributed by atoms with E-state index in [9.17, 15) is 10.2 Å². The van der Waals surface area contributed by atoms with E-state index in [4.69, 9.17) is 6.42 Å². The predicted molar refractivity (Wildman–Crippen MR) is 64.2 cm³/mol. The summed E-state index contributed by atoms with van der Waals surface area (Å²) < 4.78 is 0. The third kappa shape index (κ3) is 3.18. The van der Waals surface area contributed by atoms with Gasteiger partial charge in [0.2, 0.25) is 0 Å². The van der Waals surface area contributed by atoms with Gasteiger partial charge in [-0.3, -0.25) is 5.32 Å². The Balaban J connectivity index is 2.89. The largest absolute Gasteiger partial charge is 0.508 e. The molecule has 0 amide bonds. The second kappa shape index (κ2) is 4.46. The standard InChI is InChI=1S/C13H17NO2/c1-5-13(3,4)14-9(2)10-6-11(15)8-12(16)7-10/h1,6-9,14-16H,2-4H3. The molecule has 16 heavy (non-hydrogen) atoms. The number of hydrogen-bond acceptors (Lipinski definition) is 3. The van der Waals surface area contributed by atoms with Gasteiger partial charge in [0.1, 0.15) is 11.5 Å². The molecule has 0 aliphatic rings. The van der Waals surface area contributed by atoms with E-state index in [2.05, 4.69) is 11.2 Å². The zero-order valence-electron chi connectivity index (χ0n) is 9.78. The first-order valence-electron chi connectivity index (χ1n) is 5.12. The minimum absolute atomic E-state index is 0.0437. The Morgan fingerprint density at radius 2 is 1.75 bits per heavy atom. The Hall–Kier alpha value is -1.66. The number of phenolic OH excluding ortho intramolecular Hbond substituents is 2. The monoisotopic (exact) mass is 219 g/mol. The van der Waals surface area contributed by atoms with Gasteiger partial charge in [-0.25, -0.2) is 0 Å². The maximum atomic E-state index is 9.37. The van der Waals surface area contributed by atoms with E-state index in [1.165, 1.54) is 6.07 Å². The van der Waals surface area contributed by atoms with E-state index in [0.29, 0.717) is 0 Å². The normalized spacial score (nSPS) is 13.1. The third-order valence-corrected chi connectivity index (χ3v) is 2.36. The van der Waals surface area contributed by atoms with Crippen LogP contribution in [0.1, 0.15) is 32.4 Å². The van der Waals surface area contributed by atoms with E-state index in [1.807, 2.05) is 20.8 Å². The van der Waals surface area contributed by atoms with E-state index < -0.39 is 5.54 Å². The SMILES string of the molecule is C#CC(C)(C)NC(C)c1cc(O)cc(O)c1. The number of aromatic hydroxyl groups is 2. The van der Waals surface area contributed by atoms with Gasteiger partial charge >= 0.3 is 0 Å². The van der Waals surface area contributed by atoms with Crippen molar-refractivity contribution in [3.05, 3.63) is 23.8 Å². The minimum Gasteiger partial charge on any atom is -0.508 e. The van der Waals surface area contributed by atoms with E-state index >= 15 is 0 Å². The van der Waals surface area contributed by atoms with Gasteiger partial charge in [0, 0.05) is 12.1 Å². The second-order valence-corrected chi connectivity index (χ2v) is 4.42. The van der Waals surface area contributed by atoms with Gasteiger partial charge < -0.3 is 10.2 Å². The molecule has 0 saturated heterocycles. The number of rotatable bonds is 3. The molecule has 1 aromatic rings. The second-order valence-electron chi connectivity index (χ2n) is 4.42. The van der Waals surface area contributed by atoms with Crippen LogP contribution in [0.25, 0.3) is 0 Å². The fraction of sp³-hybridized carbons (Fsp3) is 0.385. The average Bonchev–Trinajstić information content (AvgIpc) is 2.15. The van der Waals surface area contributed by atoms with Crippen molar-refractivity contribution in [3.8, 4) is 23.8 Å². The van der Waals surface area contributed by atoms with Crippen molar-refractivity contribution in [1.29, 1.82) is 0 Å². The summed E-state index contributed by atoms with van der Waals surface area (Å²) in [6.45, 7) is 5.71. The molecule has 0 radical (unpaired) electrons. The smallest absolute Gasteiger partial charge is 0.119 e. The van der Waals surface area contributed by atoms with Gasteiger partial charge in [0.25, 0.3) is 0 Å². The Kier molecular flexibility index (Phi) is 3.46. The van der Waals surface area contributed by atoms with Crippen molar-refractivity contribution >= 4 is 0 Å². The van der Waals surface area contributed by atoms with Gasteiger partial charge in [-0.2, -0.15) is 0 Å². The molecule has 1 aromatic carbocycles.